The van der Waals surface area contributed by atoms with E-state index in [9.17, 15) is 14.7 Å². The van der Waals surface area contributed by atoms with Gasteiger partial charge < -0.3 is 24.2 Å². The third kappa shape index (κ3) is 1.98. The number of carbonyl (C=O) groups excluding carboxylic acids is 2. The topological polar surface area (TPSA) is 85.3 Å². The van der Waals surface area contributed by atoms with E-state index in [2.05, 4.69) is 0 Å². The minimum atomic E-state index is -2.03. The maximum Gasteiger partial charge on any atom is 0.260 e. The van der Waals surface area contributed by atoms with Gasteiger partial charge in [-0.05, 0) is 32.1 Å². The molecule has 1 N–H and O–H groups in total. The molecule has 0 radical (unpaired) electrons. The standard InChI is InChI=1S/C17H19NO6/c1-16(2)12(19)8-10-15(20)18(3)13-9(17(10,21)24-16)6-7-11(22-4)14(13)23-5/h6-8,21H,1-5H3. The van der Waals surface area contributed by atoms with E-state index in [-0.39, 0.29) is 11.4 Å². The molecule has 0 fully saturated rings. The number of rotatable bonds is 2. The minimum absolute atomic E-state index is 0.117. The predicted octanol–water partition coefficient (Wildman–Crippen LogP) is 1.13. The zero-order valence-corrected chi connectivity index (χ0v) is 14.2. The lowest BCUT2D eigenvalue weighted by molar-refractivity contribution is -0.242. The van der Waals surface area contributed by atoms with E-state index in [0.717, 1.165) is 6.08 Å². The van der Waals surface area contributed by atoms with Crippen LogP contribution in [0.2, 0.25) is 0 Å². The minimum Gasteiger partial charge on any atom is -0.493 e. The van der Waals surface area contributed by atoms with Crippen LogP contribution in [0, 0.1) is 0 Å². The Morgan fingerprint density at radius 3 is 2.42 bits per heavy atom. The van der Waals surface area contributed by atoms with Crippen molar-refractivity contribution in [1.29, 1.82) is 0 Å². The van der Waals surface area contributed by atoms with Gasteiger partial charge in [-0.1, -0.05) is 0 Å². The number of carbonyl (C=O) groups is 2. The molecule has 1 aromatic rings. The lowest BCUT2D eigenvalue weighted by Gasteiger charge is -2.45. The molecular weight excluding hydrogens is 314 g/mol. The average Bonchev–Trinajstić information content (AvgIpc) is 2.53. The van der Waals surface area contributed by atoms with Crippen molar-refractivity contribution in [2.75, 3.05) is 26.2 Å². The molecule has 128 valence electrons. The number of anilines is 1. The summed E-state index contributed by atoms with van der Waals surface area (Å²) in [7, 11) is 4.46. The van der Waals surface area contributed by atoms with Crippen LogP contribution in [-0.2, 0) is 20.1 Å². The van der Waals surface area contributed by atoms with Gasteiger partial charge in [-0.2, -0.15) is 0 Å². The van der Waals surface area contributed by atoms with Crippen molar-refractivity contribution in [3.8, 4) is 11.5 Å². The summed E-state index contributed by atoms with van der Waals surface area (Å²) in [5.74, 6) is -2.24. The van der Waals surface area contributed by atoms with Crippen molar-refractivity contribution in [1.82, 2.24) is 0 Å². The Hall–Kier alpha value is -2.38. The van der Waals surface area contributed by atoms with Crippen LogP contribution >= 0.6 is 0 Å². The molecule has 2 heterocycles. The third-order valence-corrected chi connectivity index (χ3v) is 4.39. The highest BCUT2D eigenvalue weighted by molar-refractivity contribution is 6.15. The molecule has 0 saturated heterocycles. The fourth-order valence-corrected chi connectivity index (χ4v) is 3.08. The number of ketones is 1. The van der Waals surface area contributed by atoms with E-state index in [4.69, 9.17) is 14.2 Å². The Morgan fingerprint density at radius 2 is 1.83 bits per heavy atom. The largest absolute Gasteiger partial charge is 0.493 e. The van der Waals surface area contributed by atoms with Gasteiger partial charge in [-0.3, -0.25) is 9.59 Å². The molecule has 1 unspecified atom stereocenters. The van der Waals surface area contributed by atoms with E-state index in [0.29, 0.717) is 22.7 Å². The van der Waals surface area contributed by atoms with Crippen molar-refractivity contribution in [3.63, 3.8) is 0 Å². The Kier molecular flexibility index (Phi) is 3.47. The molecule has 3 rings (SSSR count). The van der Waals surface area contributed by atoms with Crippen LogP contribution in [0.25, 0.3) is 0 Å². The summed E-state index contributed by atoms with van der Waals surface area (Å²) in [5, 5.41) is 11.2. The van der Waals surface area contributed by atoms with E-state index in [1.807, 2.05) is 0 Å². The summed E-state index contributed by atoms with van der Waals surface area (Å²) in [5.41, 5.74) is -0.728. The van der Waals surface area contributed by atoms with E-state index in [1.165, 1.54) is 26.2 Å². The summed E-state index contributed by atoms with van der Waals surface area (Å²) in [4.78, 5) is 26.2. The summed E-state index contributed by atoms with van der Waals surface area (Å²) >= 11 is 0. The second-order valence-electron chi connectivity index (χ2n) is 6.24. The van der Waals surface area contributed by atoms with Gasteiger partial charge in [0, 0.05) is 12.6 Å². The van der Waals surface area contributed by atoms with Crippen LogP contribution in [0.5, 0.6) is 11.5 Å². The quantitative estimate of drug-likeness (QED) is 0.873. The van der Waals surface area contributed by atoms with Crippen molar-refractivity contribution in [2.24, 2.45) is 0 Å². The lowest BCUT2D eigenvalue weighted by atomic mass is 9.83. The average molecular weight is 333 g/mol. The number of likely N-dealkylation sites (N-methyl/N-ethyl adjacent to an activating group) is 1. The summed E-state index contributed by atoms with van der Waals surface area (Å²) < 4.78 is 16.3. The Labute approximate surface area is 139 Å². The molecule has 1 aromatic carbocycles. The molecule has 0 spiro atoms. The molecule has 7 heteroatoms. The predicted molar refractivity (Wildman–Crippen MR) is 85.1 cm³/mol. The number of aliphatic hydroxyl groups is 1. The van der Waals surface area contributed by atoms with Crippen molar-refractivity contribution < 1.29 is 28.9 Å². The number of methoxy groups -OCH3 is 2. The van der Waals surface area contributed by atoms with Crippen molar-refractivity contribution in [3.05, 3.63) is 29.3 Å². The molecule has 24 heavy (non-hydrogen) atoms. The van der Waals surface area contributed by atoms with Gasteiger partial charge in [-0.25, -0.2) is 0 Å². The highest BCUT2D eigenvalue weighted by Crippen LogP contribution is 2.52. The maximum absolute atomic E-state index is 12.7. The zero-order chi connectivity index (χ0) is 17.9. The van der Waals surface area contributed by atoms with Crippen molar-refractivity contribution in [2.45, 2.75) is 25.2 Å². The molecule has 7 nitrogen and oxygen atoms in total. The number of hydrogen-bond donors (Lipinski definition) is 1. The van der Waals surface area contributed by atoms with Crippen LogP contribution in [-0.4, -0.2) is 43.7 Å². The van der Waals surface area contributed by atoms with Gasteiger partial charge in [0.15, 0.2) is 17.3 Å². The molecule has 1 amide bonds. The molecule has 0 aliphatic carbocycles. The second kappa shape index (κ2) is 5.06. The second-order valence-corrected chi connectivity index (χ2v) is 6.24. The number of benzene rings is 1. The van der Waals surface area contributed by atoms with Crippen LogP contribution in [0.15, 0.2) is 23.8 Å². The van der Waals surface area contributed by atoms with Gasteiger partial charge in [0.2, 0.25) is 5.79 Å². The first-order chi connectivity index (χ1) is 11.2. The Morgan fingerprint density at radius 1 is 1.17 bits per heavy atom. The van der Waals surface area contributed by atoms with Crippen molar-refractivity contribution >= 4 is 17.4 Å². The molecule has 0 saturated carbocycles. The van der Waals surface area contributed by atoms with Crippen LogP contribution < -0.4 is 14.4 Å². The molecule has 0 aromatic heterocycles. The molecule has 2 aliphatic heterocycles. The summed E-state index contributed by atoms with van der Waals surface area (Å²) in [6, 6.07) is 3.21. The molecule has 2 aliphatic rings. The van der Waals surface area contributed by atoms with Crippen LogP contribution in [0.3, 0.4) is 0 Å². The van der Waals surface area contributed by atoms with Gasteiger partial charge in [0.25, 0.3) is 5.91 Å². The number of hydrogen-bond acceptors (Lipinski definition) is 6. The summed E-state index contributed by atoms with van der Waals surface area (Å²) in [6.07, 6.45) is 1.15. The summed E-state index contributed by atoms with van der Waals surface area (Å²) in [6.45, 7) is 3.09. The smallest absolute Gasteiger partial charge is 0.260 e. The fourth-order valence-electron chi connectivity index (χ4n) is 3.08. The van der Waals surface area contributed by atoms with Gasteiger partial charge in [0.05, 0.1) is 25.5 Å². The first-order valence-corrected chi connectivity index (χ1v) is 7.40. The third-order valence-electron chi connectivity index (χ3n) is 4.39. The lowest BCUT2D eigenvalue weighted by Crippen LogP contribution is -2.55. The highest BCUT2D eigenvalue weighted by Gasteiger charge is 2.55. The normalized spacial score (nSPS) is 24.9. The van der Waals surface area contributed by atoms with Gasteiger partial charge in [0.1, 0.15) is 5.60 Å². The van der Waals surface area contributed by atoms with Crippen LogP contribution in [0.1, 0.15) is 19.4 Å². The molecule has 1 atom stereocenters. The number of nitrogens with zero attached hydrogens (tertiary/aromatic N) is 1. The van der Waals surface area contributed by atoms with E-state index < -0.39 is 17.3 Å². The highest BCUT2D eigenvalue weighted by atomic mass is 16.6. The van der Waals surface area contributed by atoms with E-state index >= 15 is 0 Å². The first kappa shape index (κ1) is 16.5. The van der Waals surface area contributed by atoms with Crippen LogP contribution in [0.4, 0.5) is 5.69 Å². The van der Waals surface area contributed by atoms with Gasteiger partial charge >= 0.3 is 0 Å². The maximum atomic E-state index is 12.7. The fraction of sp³-hybridized carbons (Fsp3) is 0.412. The molecule has 0 bridgehead atoms. The molecular formula is C17H19NO6. The van der Waals surface area contributed by atoms with E-state index in [1.54, 1.807) is 26.0 Å². The number of fused-ring (bicyclic) bond motifs is 3. The Balaban J connectivity index is 2.35. The zero-order valence-electron chi connectivity index (χ0n) is 14.2. The Bertz CT molecular complexity index is 782. The monoisotopic (exact) mass is 333 g/mol. The first-order valence-electron chi connectivity index (χ1n) is 7.40. The SMILES string of the molecule is COc1ccc2c(c1OC)N(C)C(=O)C1=CC(=O)C(C)(C)OC12O. The number of ether oxygens (including phenoxy) is 3. The number of amides is 1. The van der Waals surface area contributed by atoms with Gasteiger partial charge in [-0.15, -0.1) is 0 Å².